The molecule has 28 heavy (non-hydrogen) atoms. The lowest BCUT2D eigenvalue weighted by Gasteiger charge is -2.39. The first-order chi connectivity index (χ1) is 13.4. The third-order valence-corrected chi connectivity index (χ3v) is 4.80. The van der Waals surface area contributed by atoms with E-state index in [2.05, 4.69) is 4.74 Å². The number of benzene rings is 1. The Kier molecular flexibility index (Phi) is 4.80. The van der Waals surface area contributed by atoms with Crippen LogP contribution in [-0.4, -0.2) is 55.7 Å². The van der Waals surface area contributed by atoms with Crippen molar-refractivity contribution in [2.45, 2.75) is 18.4 Å². The van der Waals surface area contributed by atoms with Gasteiger partial charge in [0.2, 0.25) is 0 Å². The van der Waals surface area contributed by atoms with Crippen LogP contribution in [0.1, 0.15) is 17.0 Å². The van der Waals surface area contributed by atoms with Gasteiger partial charge in [0.25, 0.3) is 5.91 Å². The first-order valence-corrected chi connectivity index (χ1v) is 8.81. The molecule has 150 valence electrons. The predicted molar refractivity (Wildman–Crippen MR) is 90.8 cm³/mol. The second kappa shape index (κ2) is 7.14. The van der Waals surface area contributed by atoms with E-state index < -0.39 is 17.7 Å². The third kappa shape index (κ3) is 3.85. The number of para-hydroxylation sites is 1. The SMILES string of the molecule is O=C(c1ccc(-c2ccccc2OC(F)(F)F)o1)N1CCOC2(CCOC2)C1. The summed E-state index contributed by atoms with van der Waals surface area (Å²) in [6.07, 6.45) is -4.12. The highest BCUT2D eigenvalue weighted by Crippen LogP contribution is 2.35. The molecule has 0 radical (unpaired) electrons. The van der Waals surface area contributed by atoms with E-state index in [0.29, 0.717) is 39.3 Å². The summed E-state index contributed by atoms with van der Waals surface area (Å²) < 4.78 is 58.7. The second-order valence-corrected chi connectivity index (χ2v) is 6.77. The second-order valence-electron chi connectivity index (χ2n) is 6.77. The van der Waals surface area contributed by atoms with E-state index in [1.165, 1.54) is 30.3 Å². The van der Waals surface area contributed by atoms with Crippen molar-refractivity contribution in [1.29, 1.82) is 0 Å². The Morgan fingerprint density at radius 1 is 1.14 bits per heavy atom. The molecule has 2 aromatic rings. The number of carbonyl (C=O) groups is 1. The highest BCUT2D eigenvalue weighted by atomic mass is 19.4. The fourth-order valence-electron chi connectivity index (χ4n) is 3.48. The lowest BCUT2D eigenvalue weighted by molar-refractivity contribution is -0.274. The van der Waals surface area contributed by atoms with Crippen LogP contribution in [-0.2, 0) is 9.47 Å². The van der Waals surface area contributed by atoms with E-state index in [1.807, 2.05) is 0 Å². The third-order valence-electron chi connectivity index (χ3n) is 4.80. The monoisotopic (exact) mass is 397 g/mol. The number of rotatable bonds is 3. The molecule has 3 heterocycles. The molecule has 1 aromatic heterocycles. The molecule has 1 spiro atoms. The van der Waals surface area contributed by atoms with Gasteiger partial charge in [-0.15, -0.1) is 13.2 Å². The van der Waals surface area contributed by atoms with Gasteiger partial charge < -0.3 is 23.5 Å². The summed E-state index contributed by atoms with van der Waals surface area (Å²) in [7, 11) is 0. The molecule has 2 aliphatic rings. The molecule has 1 atom stereocenters. The van der Waals surface area contributed by atoms with Gasteiger partial charge in [-0.05, 0) is 24.3 Å². The van der Waals surface area contributed by atoms with Crippen molar-refractivity contribution in [3.05, 3.63) is 42.2 Å². The molecular weight excluding hydrogens is 379 g/mol. The largest absolute Gasteiger partial charge is 0.573 e. The Labute approximate surface area is 158 Å². The van der Waals surface area contributed by atoms with Crippen molar-refractivity contribution in [3.8, 4) is 17.1 Å². The molecule has 9 heteroatoms. The molecule has 6 nitrogen and oxygen atoms in total. The van der Waals surface area contributed by atoms with E-state index in [0.717, 1.165) is 0 Å². The highest BCUT2D eigenvalue weighted by molar-refractivity contribution is 5.92. The quantitative estimate of drug-likeness (QED) is 0.794. The van der Waals surface area contributed by atoms with Crippen LogP contribution in [0.25, 0.3) is 11.3 Å². The molecular formula is C19H18F3NO5. The number of alkyl halides is 3. The average Bonchev–Trinajstić information content (AvgIpc) is 3.30. The predicted octanol–water partition coefficient (Wildman–Crippen LogP) is 3.48. The van der Waals surface area contributed by atoms with E-state index >= 15 is 0 Å². The Morgan fingerprint density at radius 3 is 2.71 bits per heavy atom. The van der Waals surface area contributed by atoms with Crippen molar-refractivity contribution < 1.29 is 36.6 Å². The number of hydrogen-bond donors (Lipinski definition) is 0. The van der Waals surface area contributed by atoms with E-state index in [-0.39, 0.29) is 23.0 Å². The number of morpholine rings is 1. The molecule has 0 bridgehead atoms. The fourth-order valence-corrected chi connectivity index (χ4v) is 3.48. The van der Waals surface area contributed by atoms with Crippen LogP contribution in [0.4, 0.5) is 13.2 Å². The molecule has 2 fully saturated rings. The fraction of sp³-hybridized carbons (Fsp3) is 0.421. The Balaban J connectivity index is 1.54. The van der Waals surface area contributed by atoms with Crippen LogP contribution in [0.2, 0.25) is 0 Å². The van der Waals surface area contributed by atoms with Gasteiger partial charge >= 0.3 is 6.36 Å². The minimum Gasteiger partial charge on any atom is -0.451 e. The van der Waals surface area contributed by atoms with Gasteiger partial charge in [0, 0.05) is 19.6 Å². The minimum atomic E-state index is -4.83. The van der Waals surface area contributed by atoms with Gasteiger partial charge in [-0.25, -0.2) is 0 Å². The number of nitrogens with zero attached hydrogens (tertiary/aromatic N) is 1. The normalized spacial score (nSPS) is 22.6. The van der Waals surface area contributed by atoms with Crippen molar-refractivity contribution in [2.24, 2.45) is 0 Å². The maximum atomic E-state index is 12.8. The van der Waals surface area contributed by atoms with Gasteiger partial charge in [-0.3, -0.25) is 4.79 Å². The van der Waals surface area contributed by atoms with E-state index in [4.69, 9.17) is 13.9 Å². The molecule has 1 aromatic carbocycles. The summed E-state index contributed by atoms with van der Waals surface area (Å²) in [5.74, 6) is -0.560. The number of hydrogen-bond acceptors (Lipinski definition) is 5. The van der Waals surface area contributed by atoms with Crippen LogP contribution in [0.3, 0.4) is 0 Å². The zero-order chi connectivity index (χ0) is 19.8. The van der Waals surface area contributed by atoms with Gasteiger partial charge in [0.15, 0.2) is 5.76 Å². The molecule has 1 unspecified atom stereocenters. The Hall–Kier alpha value is -2.52. The minimum absolute atomic E-state index is 0.0489. The van der Waals surface area contributed by atoms with Crippen LogP contribution in [0, 0.1) is 0 Å². The zero-order valence-electron chi connectivity index (χ0n) is 14.8. The van der Waals surface area contributed by atoms with Crippen molar-refractivity contribution >= 4 is 5.91 Å². The molecule has 4 rings (SSSR count). The Bertz CT molecular complexity index is 857. The highest BCUT2D eigenvalue weighted by Gasteiger charge is 2.42. The summed E-state index contributed by atoms with van der Waals surface area (Å²) in [5.41, 5.74) is -0.377. The van der Waals surface area contributed by atoms with Crippen LogP contribution in [0.5, 0.6) is 5.75 Å². The number of ether oxygens (including phenoxy) is 3. The number of furan rings is 1. The average molecular weight is 397 g/mol. The maximum Gasteiger partial charge on any atom is 0.573 e. The van der Waals surface area contributed by atoms with Gasteiger partial charge in [0.1, 0.15) is 17.1 Å². The Morgan fingerprint density at radius 2 is 1.96 bits per heavy atom. The smallest absolute Gasteiger partial charge is 0.451 e. The van der Waals surface area contributed by atoms with Crippen molar-refractivity contribution in [2.75, 3.05) is 32.9 Å². The van der Waals surface area contributed by atoms with Crippen molar-refractivity contribution in [3.63, 3.8) is 0 Å². The molecule has 0 saturated carbocycles. The number of amides is 1. The number of halogens is 3. The van der Waals surface area contributed by atoms with Gasteiger partial charge in [-0.2, -0.15) is 0 Å². The molecule has 1 amide bonds. The molecule has 0 aliphatic carbocycles. The van der Waals surface area contributed by atoms with Crippen LogP contribution < -0.4 is 4.74 Å². The summed E-state index contributed by atoms with van der Waals surface area (Å²) >= 11 is 0. The molecule has 2 saturated heterocycles. The molecule has 0 N–H and O–H groups in total. The van der Waals surface area contributed by atoms with Gasteiger partial charge in [-0.1, -0.05) is 12.1 Å². The summed E-state index contributed by atoms with van der Waals surface area (Å²) in [6, 6.07) is 8.53. The van der Waals surface area contributed by atoms with E-state index in [9.17, 15) is 18.0 Å². The lowest BCUT2D eigenvalue weighted by atomic mass is 10.0. The lowest BCUT2D eigenvalue weighted by Crippen LogP contribution is -2.54. The summed E-state index contributed by atoms with van der Waals surface area (Å²) in [4.78, 5) is 14.4. The van der Waals surface area contributed by atoms with Crippen LogP contribution >= 0.6 is 0 Å². The standard InChI is InChI=1S/C19H18F3NO5/c20-19(21,22)28-15-4-2-1-3-13(15)14-5-6-16(27-14)17(24)23-8-10-26-18(11-23)7-9-25-12-18/h1-6H,7-12H2. The van der Waals surface area contributed by atoms with Gasteiger partial charge in [0.05, 0.1) is 25.3 Å². The summed E-state index contributed by atoms with van der Waals surface area (Å²) in [5, 5.41) is 0. The first-order valence-electron chi connectivity index (χ1n) is 8.81. The zero-order valence-corrected chi connectivity index (χ0v) is 14.8. The first kappa shape index (κ1) is 18.8. The number of carbonyl (C=O) groups excluding carboxylic acids is 1. The topological polar surface area (TPSA) is 61.1 Å². The van der Waals surface area contributed by atoms with Crippen LogP contribution in [0.15, 0.2) is 40.8 Å². The summed E-state index contributed by atoms with van der Waals surface area (Å²) in [6.45, 7) is 2.20. The van der Waals surface area contributed by atoms with E-state index in [1.54, 1.807) is 11.0 Å². The van der Waals surface area contributed by atoms with Crippen molar-refractivity contribution in [1.82, 2.24) is 4.90 Å². The maximum absolute atomic E-state index is 12.8. The molecule has 2 aliphatic heterocycles.